The van der Waals surface area contributed by atoms with E-state index in [9.17, 15) is 9.59 Å². The van der Waals surface area contributed by atoms with Gasteiger partial charge in [0.05, 0.1) is 5.75 Å². The Labute approximate surface area is 121 Å². The average Bonchev–Trinajstić information content (AvgIpc) is 2.22. The zero-order valence-electron chi connectivity index (χ0n) is 11.6. The molecule has 0 aromatic carbocycles. The molecule has 1 aromatic rings. The Morgan fingerprint density at radius 3 is 2.30 bits per heavy atom. The van der Waals surface area contributed by atoms with Crippen LogP contribution in [0.5, 0.6) is 0 Å². The van der Waals surface area contributed by atoms with Gasteiger partial charge in [-0.1, -0.05) is 11.8 Å². The van der Waals surface area contributed by atoms with Crippen LogP contribution in [0.25, 0.3) is 0 Å². The zero-order valence-corrected chi connectivity index (χ0v) is 12.4. The van der Waals surface area contributed by atoms with Gasteiger partial charge in [-0.2, -0.15) is 0 Å². The second kappa shape index (κ2) is 6.42. The van der Waals surface area contributed by atoms with Crippen LogP contribution in [0.15, 0.2) is 11.2 Å². The third-order valence-electron chi connectivity index (χ3n) is 1.82. The van der Waals surface area contributed by atoms with E-state index in [2.05, 4.69) is 20.6 Å². The van der Waals surface area contributed by atoms with Crippen LogP contribution in [0.3, 0.4) is 0 Å². The number of hydrogen-bond donors (Lipinski definition) is 4. The first-order valence-electron chi connectivity index (χ1n) is 5.80. The van der Waals surface area contributed by atoms with Crippen LogP contribution in [-0.4, -0.2) is 33.2 Å². The van der Waals surface area contributed by atoms with E-state index in [1.54, 1.807) is 0 Å². The molecule has 9 heteroatoms. The maximum absolute atomic E-state index is 11.6. The number of amides is 3. The van der Waals surface area contributed by atoms with E-state index < -0.39 is 17.5 Å². The highest BCUT2D eigenvalue weighted by Gasteiger charge is 2.16. The lowest BCUT2D eigenvalue weighted by Crippen LogP contribution is -2.48. The van der Waals surface area contributed by atoms with Crippen molar-refractivity contribution in [1.29, 1.82) is 0 Å². The number of urea groups is 1. The number of aromatic nitrogens is 2. The van der Waals surface area contributed by atoms with Gasteiger partial charge in [-0.05, 0) is 20.8 Å². The van der Waals surface area contributed by atoms with Crippen LogP contribution >= 0.6 is 11.8 Å². The summed E-state index contributed by atoms with van der Waals surface area (Å²) in [6.45, 7) is 5.44. The maximum Gasteiger partial charge on any atom is 0.321 e. The molecule has 0 spiro atoms. The van der Waals surface area contributed by atoms with Gasteiger partial charge in [0.1, 0.15) is 11.6 Å². The first-order chi connectivity index (χ1) is 9.15. The molecule has 0 aliphatic rings. The number of imide groups is 1. The summed E-state index contributed by atoms with van der Waals surface area (Å²) in [5, 5.41) is 5.11. The van der Waals surface area contributed by atoms with Crippen LogP contribution in [0.2, 0.25) is 0 Å². The van der Waals surface area contributed by atoms with Crippen molar-refractivity contribution in [3.63, 3.8) is 0 Å². The van der Waals surface area contributed by atoms with Gasteiger partial charge in [0, 0.05) is 11.6 Å². The fourth-order valence-electron chi connectivity index (χ4n) is 1.19. The number of thioether (sulfide) groups is 1. The summed E-state index contributed by atoms with van der Waals surface area (Å²) < 4.78 is 0. The van der Waals surface area contributed by atoms with Crippen LogP contribution in [0.4, 0.5) is 16.4 Å². The largest absolute Gasteiger partial charge is 0.383 e. The molecule has 0 saturated heterocycles. The minimum absolute atomic E-state index is 0.0134. The normalized spacial score (nSPS) is 10.9. The summed E-state index contributed by atoms with van der Waals surface area (Å²) in [6, 6.07) is 0.872. The minimum Gasteiger partial charge on any atom is -0.383 e. The molecule has 1 heterocycles. The molecule has 0 bridgehead atoms. The highest BCUT2D eigenvalue weighted by Crippen LogP contribution is 2.15. The molecule has 3 amide bonds. The quantitative estimate of drug-likeness (QED) is 0.467. The Balaban J connectivity index is 2.45. The van der Waals surface area contributed by atoms with E-state index >= 15 is 0 Å². The molecule has 20 heavy (non-hydrogen) atoms. The Kier molecular flexibility index (Phi) is 5.14. The first kappa shape index (κ1) is 16.0. The van der Waals surface area contributed by atoms with Crippen molar-refractivity contribution in [2.24, 2.45) is 0 Å². The van der Waals surface area contributed by atoms with E-state index in [1.807, 2.05) is 20.8 Å². The van der Waals surface area contributed by atoms with E-state index in [1.165, 1.54) is 6.07 Å². The van der Waals surface area contributed by atoms with Crippen LogP contribution in [-0.2, 0) is 4.79 Å². The second-order valence-electron chi connectivity index (χ2n) is 5.04. The predicted molar refractivity (Wildman–Crippen MR) is 78.0 cm³/mol. The SMILES string of the molecule is CC(C)(C)NC(=O)NC(=O)CSc1nc(N)cc(N)n1. The van der Waals surface area contributed by atoms with Crippen LogP contribution in [0.1, 0.15) is 20.8 Å². The van der Waals surface area contributed by atoms with Crippen molar-refractivity contribution in [1.82, 2.24) is 20.6 Å². The average molecular weight is 298 g/mol. The summed E-state index contributed by atoms with van der Waals surface area (Å²) >= 11 is 1.04. The molecule has 0 aliphatic carbocycles. The van der Waals surface area contributed by atoms with Crippen molar-refractivity contribution in [2.45, 2.75) is 31.5 Å². The van der Waals surface area contributed by atoms with Crippen molar-refractivity contribution in [3.05, 3.63) is 6.07 Å². The Morgan fingerprint density at radius 2 is 1.80 bits per heavy atom. The van der Waals surface area contributed by atoms with Gasteiger partial charge in [-0.3, -0.25) is 10.1 Å². The maximum atomic E-state index is 11.6. The number of hydrogen-bond acceptors (Lipinski definition) is 7. The molecule has 1 aromatic heterocycles. The molecular formula is C11H18N6O2S. The van der Waals surface area contributed by atoms with E-state index in [0.29, 0.717) is 0 Å². The summed E-state index contributed by atoms with van der Waals surface area (Å²) in [7, 11) is 0. The minimum atomic E-state index is -0.545. The van der Waals surface area contributed by atoms with Gasteiger partial charge < -0.3 is 16.8 Å². The number of rotatable bonds is 3. The fraction of sp³-hybridized carbons (Fsp3) is 0.455. The number of nitrogen functional groups attached to an aromatic ring is 2. The summed E-state index contributed by atoms with van der Waals surface area (Å²) in [4.78, 5) is 30.9. The van der Waals surface area contributed by atoms with Crippen molar-refractivity contribution in [3.8, 4) is 0 Å². The standard InChI is InChI=1S/C11H18N6O2S/c1-11(2,3)17-9(19)16-8(18)5-20-10-14-6(12)4-7(13)15-10/h4H,5H2,1-3H3,(H4,12,13,14,15)(H2,16,17,18,19). The topological polar surface area (TPSA) is 136 Å². The van der Waals surface area contributed by atoms with E-state index in [-0.39, 0.29) is 22.5 Å². The molecule has 0 aliphatic heterocycles. The molecule has 110 valence electrons. The highest BCUT2D eigenvalue weighted by atomic mass is 32.2. The lowest BCUT2D eigenvalue weighted by Gasteiger charge is -2.20. The van der Waals surface area contributed by atoms with Gasteiger partial charge in [0.25, 0.3) is 0 Å². The molecule has 8 nitrogen and oxygen atoms in total. The lowest BCUT2D eigenvalue weighted by atomic mass is 10.1. The van der Waals surface area contributed by atoms with Crippen LogP contribution < -0.4 is 22.1 Å². The summed E-state index contributed by atoms with van der Waals surface area (Å²) in [5.74, 6) is -0.0152. The summed E-state index contributed by atoms with van der Waals surface area (Å²) in [6.07, 6.45) is 0. The molecule has 6 N–H and O–H groups in total. The third-order valence-corrected chi connectivity index (χ3v) is 2.67. The number of nitrogens with zero attached hydrogens (tertiary/aromatic N) is 2. The molecule has 1 rings (SSSR count). The Hall–Kier alpha value is -2.03. The van der Waals surface area contributed by atoms with Crippen molar-refractivity contribution >= 4 is 35.3 Å². The number of nitrogens with two attached hydrogens (primary N) is 2. The summed E-state index contributed by atoms with van der Waals surface area (Å²) in [5.41, 5.74) is 10.6. The predicted octanol–water partition coefficient (Wildman–Crippen LogP) is 0.357. The molecule has 0 saturated carbocycles. The molecular weight excluding hydrogens is 280 g/mol. The first-order valence-corrected chi connectivity index (χ1v) is 6.79. The monoisotopic (exact) mass is 298 g/mol. The molecule has 0 atom stereocenters. The third kappa shape index (κ3) is 6.23. The van der Waals surface area contributed by atoms with Gasteiger partial charge in [-0.15, -0.1) is 0 Å². The number of carbonyl (C=O) groups is 2. The lowest BCUT2D eigenvalue weighted by molar-refractivity contribution is -0.117. The van der Waals surface area contributed by atoms with Crippen molar-refractivity contribution < 1.29 is 9.59 Å². The molecule has 0 radical (unpaired) electrons. The smallest absolute Gasteiger partial charge is 0.321 e. The Morgan fingerprint density at radius 1 is 1.25 bits per heavy atom. The van der Waals surface area contributed by atoms with E-state index in [0.717, 1.165) is 11.8 Å². The second-order valence-corrected chi connectivity index (χ2v) is 5.98. The van der Waals surface area contributed by atoms with Crippen molar-refractivity contribution in [2.75, 3.05) is 17.2 Å². The zero-order chi connectivity index (χ0) is 15.3. The highest BCUT2D eigenvalue weighted by molar-refractivity contribution is 7.99. The van der Waals surface area contributed by atoms with Gasteiger partial charge in [-0.25, -0.2) is 14.8 Å². The number of anilines is 2. The fourth-order valence-corrected chi connectivity index (χ4v) is 1.86. The van der Waals surface area contributed by atoms with Gasteiger partial charge in [0.15, 0.2) is 5.16 Å². The number of carbonyl (C=O) groups excluding carboxylic acids is 2. The van der Waals surface area contributed by atoms with Gasteiger partial charge >= 0.3 is 6.03 Å². The number of nitrogens with one attached hydrogen (secondary N) is 2. The van der Waals surface area contributed by atoms with Gasteiger partial charge in [0.2, 0.25) is 5.91 Å². The van der Waals surface area contributed by atoms with Crippen LogP contribution in [0, 0.1) is 0 Å². The van der Waals surface area contributed by atoms with E-state index in [4.69, 9.17) is 11.5 Å². The molecule has 0 unspecified atom stereocenters. The molecule has 0 fully saturated rings. The Bertz CT molecular complexity index is 494.